The Balaban J connectivity index is 1.69. The second-order valence-electron chi connectivity index (χ2n) is 6.04. The highest BCUT2D eigenvalue weighted by Crippen LogP contribution is 2.34. The van der Waals surface area contributed by atoms with Crippen LogP contribution in [0.5, 0.6) is 5.75 Å². The van der Waals surface area contributed by atoms with Crippen molar-refractivity contribution in [1.82, 2.24) is 9.88 Å². The predicted molar refractivity (Wildman–Crippen MR) is 91.1 cm³/mol. The second kappa shape index (κ2) is 7.53. The van der Waals surface area contributed by atoms with E-state index in [4.69, 9.17) is 26.5 Å². The molecule has 2 heterocycles. The molecule has 2 aromatic rings. The van der Waals surface area contributed by atoms with Gasteiger partial charge in [-0.05, 0) is 30.5 Å². The van der Waals surface area contributed by atoms with E-state index < -0.39 is 6.10 Å². The molecule has 0 fully saturated rings. The third kappa shape index (κ3) is 3.72. The molecule has 3 N–H and O–H groups in total. The van der Waals surface area contributed by atoms with Crippen LogP contribution in [0.15, 0.2) is 22.9 Å². The summed E-state index contributed by atoms with van der Waals surface area (Å²) in [6.07, 6.45) is 1.74. The number of aliphatic hydroxyl groups excluding tert-OH is 1. The summed E-state index contributed by atoms with van der Waals surface area (Å²) in [5, 5.41) is 10.4. The lowest BCUT2D eigenvalue weighted by Gasteiger charge is -2.31. The summed E-state index contributed by atoms with van der Waals surface area (Å²) in [5.41, 5.74) is 8.58. The van der Waals surface area contributed by atoms with E-state index in [-0.39, 0.29) is 6.54 Å². The van der Waals surface area contributed by atoms with E-state index in [2.05, 4.69) is 9.88 Å². The number of β-amino-alcohol motifs (C(OH)–C–C–N with tert-alkyl or cyclic N) is 1. The van der Waals surface area contributed by atoms with Crippen LogP contribution in [-0.4, -0.2) is 40.7 Å². The number of oxazole rings is 1. The van der Waals surface area contributed by atoms with Crippen LogP contribution in [0.1, 0.15) is 22.6 Å². The van der Waals surface area contributed by atoms with Gasteiger partial charge in [-0.2, -0.15) is 0 Å². The van der Waals surface area contributed by atoms with Gasteiger partial charge in [-0.25, -0.2) is 4.98 Å². The van der Waals surface area contributed by atoms with Gasteiger partial charge < -0.3 is 20.0 Å². The zero-order valence-corrected chi connectivity index (χ0v) is 14.4. The molecule has 3 rings (SSSR count). The highest BCUT2D eigenvalue weighted by Gasteiger charge is 2.22. The molecule has 0 amide bonds. The Morgan fingerprint density at radius 1 is 1.50 bits per heavy atom. The summed E-state index contributed by atoms with van der Waals surface area (Å²) < 4.78 is 11.1. The molecular formula is C17H22ClN3O3. The Morgan fingerprint density at radius 3 is 3.04 bits per heavy atom. The van der Waals surface area contributed by atoms with Crippen molar-refractivity contribution in [2.45, 2.75) is 32.6 Å². The maximum atomic E-state index is 9.71. The number of fused-ring (bicyclic) bond motifs is 1. The summed E-state index contributed by atoms with van der Waals surface area (Å²) >= 11 is 6.53. The number of nitrogens with two attached hydrogens (primary N) is 1. The molecule has 0 spiro atoms. The quantitative estimate of drug-likeness (QED) is 0.826. The zero-order chi connectivity index (χ0) is 17.1. The van der Waals surface area contributed by atoms with Crippen molar-refractivity contribution in [2.24, 2.45) is 5.73 Å². The topological polar surface area (TPSA) is 84.8 Å². The molecule has 24 heavy (non-hydrogen) atoms. The summed E-state index contributed by atoms with van der Waals surface area (Å²) in [5.74, 6) is 1.35. The Bertz CT molecular complexity index is 704. The van der Waals surface area contributed by atoms with Gasteiger partial charge in [0.1, 0.15) is 12.4 Å². The maximum Gasteiger partial charge on any atom is 0.181 e. The molecule has 1 atom stereocenters. The minimum Gasteiger partial charge on any atom is -0.484 e. The zero-order valence-electron chi connectivity index (χ0n) is 13.7. The Hall–Kier alpha value is -1.60. The Kier molecular flexibility index (Phi) is 5.40. The molecule has 0 bridgehead atoms. The summed E-state index contributed by atoms with van der Waals surface area (Å²) in [7, 11) is 0. The van der Waals surface area contributed by atoms with Crippen LogP contribution in [0.4, 0.5) is 0 Å². The smallest absolute Gasteiger partial charge is 0.181 e. The average molecular weight is 352 g/mol. The summed E-state index contributed by atoms with van der Waals surface area (Å²) in [6, 6.07) is 3.92. The molecule has 1 aliphatic heterocycles. The van der Waals surface area contributed by atoms with Gasteiger partial charge in [-0.1, -0.05) is 17.7 Å². The van der Waals surface area contributed by atoms with Crippen LogP contribution in [0, 0.1) is 6.92 Å². The van der Waals surface area contributed by atoms with Gasteiger partial charge in [-0.15, -0.1) is 0 Å². The summed E-state index contributed by atoms with van der Waals surface area (Å²) in [4.78, 5) is 6.24. The van der Waals surface area contributed by atoms with Gasteiger partial charge in [0.05, 0.1) is 16.8 Å². The first kappa shape index (κ1) is 17.2. The number of aryl methyl sites for hydroxylation is 1. The van der Waals surface area contributed by atoms with Gasteiger partial charge in [0.2, 0.25) is 0 Å². The standard InChI is InChI=1S/C17H22ClN3O3/c1-11-16(24-10-20-11)9-23-15-3-2-12-7-21(8-13(22)6-19)5-4-14(12)17(15)18/h2-3,10,13,22H,4-9,19H2,1H3. The van der Waals surface area contributed by atoms with Crippen LogP contribution in [0.25, 0.3) is 0 Å². The van der Waals surface area contributed by atoms with Gasteiger partial charge in [0.25, 0.3) is 0 Å². The minimum absolute atomic E-state index is 0.276. The molecule has 1 aromatic carbocycles. The first-order chi connectivity index (χ1) is 11.6. The van der Waals surface area contributed by atoms with E-state index in [1.165, 1.54) is 12.0 Å². The van der Waals surface area contributed by atoms with E-state index in [1.54, 1.807) is 0 Å². The fraction of sp³-hybridized carbons (Fsp3) is 0.471. The van der Waals surface area contributed by atoms with Crippen molar-refractivity contribution in [1.29, 1.82) is 0 Å². The van der Waals surface area contributed by atoms with Gasteiger partial charge >= 0.3 is 0 Å². The normalized spacial score (nSPS) is 16.0. The van der Waals surface area contributed by atoms with Crippen LogP contribution >= 0.6 is 11.6 Å². The number of aromatic nitrogens is 1. The number of rotatable bonds is 6. The number of benzene rings is 1. The van der Waals surface area contributed by atoms with E-state index in [0.717, 1.165) is 30.8 Å². The molecule has 7 heteroatoms. The molecule has 130 valence electrons. The molecule has 0 saturated heterocycles. The van der Waals surface area contributed by atoms with E-state index in [9.17, 15) is 5.11 Å². The van der Waals surface area contributed by atoms with Gasteiger partial charge in [0.15, 0.2) is 12.2 Å². The van der Waals surface area contributed by atoms with Crippen molar-refractivity contribution in [3.05, 3.63) is 46.1 Å². The maximum absolute atomic E-state index is 9.71. The van der Waals surface area contributed by atoms with Crippen LogP contribution in [0.2, 0.25) is 5.02 Å². The minimum atomic E-state index is -0.491. The molecule has 1 unspecified atom stereocenters. The van der Waals surface area contributed by atoms with E-state index in [0.29, 0.717) is 29.7 Å². The van der Waals surface area contributed by atoms with Crippen molar-refractivity contribution in [2.75, 3.05) is 19.6 Å². The molecule has 1 aliphatic rings. The molecule has 0 aliphatic carbocycles. The third-order valence-corrected chi connectivity index (χ3v) is 4.74. The first-order valence-corrected chi connectivity index (χ1v) is 8.38. The van der Waals surface area contributed by atoms with Crippen LogP contribution < -0.4 is 10.5 Å². The molecule has 0 radical (unpaired) electrons. The van der Waals surface area contributed by atoms with Crippen molar-refractivity contribution in [3.63, 3.8) is 0 Å². The molecular weight excluding hydrogens is 330 g/mol. The molecule has 1 aromatic heterocycles. The SMILES string of the molecule is Cc1ncoc1COc1ccc2c(c1Cl)CCN(CC(O)CN)C2. The van der Waals surface area contributed by atoms with Crippen molar-refractivity contribution >= 4 is 11.6 Å². The Morgan fingerprint density at radius 2 is 2.33 bits per heavy atom. The highest BCUT2D eigenvalue weighted by molar-refractivity contribution is 6.33. The fourth-order valence-corrected chi connectivity index (χ4v) is 3.23. The average Bonchev–Trinajstić information content (AvgIpc) is 2.99. The van der Waals surface area contributed by atoms with Crippen LogP contribution in [-0.2, 0) is 19.6 Å². The van der Waals surface area contributed by atoms with E-state index in [1.807, 2.05) is 19.1 Å². The lowest BCUT2D eigenvalue weighted by atomic mass is 9.99. The number of aliphatic hydroxyl groups is 1. The lowest BCUT2D eigenvalue weighted by molar-refractivity contribution is 0.111. The summed E-state index contributed by atoms with van der Waals surface area (Å²) in [6.45, 7) is 4.64. The molecule has 6 nitrogen and oxygen atoms in total. The number of hydrogen-bond donors (Lipinski definition) is 2. The highest BCUT2D eigenvalue weighted by atomic mass is 35.5. The monoisotopic (exact) mass is 351 g/mol. The predicted octanol–water partition coefficient (Wildman–Crippen LogP) is 1.89. The Labute approximate surface area is 146 Å². The van der Waals surface area contributed by atoms with Crippen molar-refractivity contribution in [3.8, 4) is 5.75 Å². The molecule has 0 saturated carbocycles. The van der Waals surface area contributed by atoms with Crippen LogP contribution in [0.3, 0.4) is 0 Å². The first-order valence-electron chi connectivity index (χ1n) is 8.01. The number of ether oxygens (including phenoxy) is 1. The van der Waals surface area contributed by atoms with E-state index >= 15 is 0 Å². The lowest BCUT2D eigenvalue weighted by Crippen LogP contribution is -2.39. The van der Waals surface area contributed by atoms with Crippen molar-refractivity contribution < 1.29 is 14.3 Å². The number of nitrogens with zero attached hydrogens (tertiary/aromatic N) is 2. The third-order valence-electron chi connectivity index (χ3n) is 4.32. The number of halogens is 1. The largest absolute Gasteiger partial charge is 0.484 e. The van der Waals surface area contributed by atoms with Gasteiger partial charge in [0, 0.05) is 26.2 Å². The fourth-order valence-electron chi connectivity index (χ4n) is 2.90. The van der Waals surface area contributed by atoms with Gasteiger partial charge in [-0.3, -0.25) is 4.90 Å². The number of hydrogen-bond acceptors (Lipinski definition) is 6. The second-order valence-corrected chi connectivity index (χ2v) is 6.42.